The molecule has 3 aromatic carbocycles. The molecule has 0 unspecified atom stereocenters. The molecule has 0 aromatic heterocycles. The lowest BCUT2D eigenvalue weighted by Crippen LogP contribution is -2.54. The van der Waals surface area contributed by atoms with Crippen molar-refractivity contribution in [2.24, 2.45) is 0 Å². The van der Waals surface area contributed by atoms with Gasteiger partial charge in [-0.2, -0.15) is 0 Å². The van der Waals surface area contributed by atoms with E-state index in [2.05, 4.69) is 5.32 Å². The number of carbonyl (C=O) groups excluding carboxylic acids is 2. The molecule has 0 saturated heterocycles. The molecule has 0 radical (unpaired) electrons. The topological polar surface area (TPSA) is 105 Å². The number of aryl methyl sites for hydroxylation is 1. The number of ether oxygens (including phenoxy) is 2. The van der Waals surface area contributed by atoms with Crippen LogP contribution < -0.4 is 19.1 Å². The van der Waals surface area contributed by atoms with Gasteiger partial charge in [-0.3, -0.25) is 13.9 Å². The fourth-order valence-electron chi connectivity index (χ4n) is 4.14. The summed E-state index contributed by atoms with van der Waals surface area (Å²) in [4.78, 5) is 28.6. The molecule has 2 amide bonds. The van der Waals surface area contributed by atoms with Gasteiger partial charge in [-0.15, -0.1) is 0 Å². The largest absolute Gasteiger partial charge is 0.497 e. The molecule has 9 nitrogen and oxygen atoms in total. The van der Waals surface area contributed by atoms with Gasteiger partial charge in [0.1, 0.15) is 24.1 Å². The molecule has 0 bridgehead atoms. The van der Waals surface area contributed by atoms with Crippen LogP contribution in [0.4, 0.5) is 5.69 Å². The SMILES string of the molecule is COc1ccc(S(=O)(=O)N(CC(=O)N(Cc2cccc(OC)c2)[C@H](C)C(=O)NC(C)(C)C)c2ccc(C)cc2)cc1. The highest BCUT2D eigenvalue weighted by Crippen LogP contribution is 2.26. The summed E-state index contributed by atoms with van der Waals surface area (Å²) in [6.07, 6.45) is 0. The molecule has 3 rings (SSSR count). The predicted octanol–water partition coefficient (Wildman–Crippen LogP) is 4.54. The van der Waals surface area contributed by atoms with Crippen LogP contribution in [-0.4, -0.2) is 57.5 Å². The molecule has 0 aliphatic rings. The molecule has 1 atom stereocenters. The molecule has 10 heteroatoms. The van der Waals surface area contributed by atoms with E-state index in [0.29, 0.717) is 17.2 Å². The zero-order valence-electron chi connectivity index (χ0n) is 24.7. The van der Waals surface area contributed by atoms with E-state index < -0.39 is 34.1 Å². The van der Waals surface area contributed by atoms with Crippen LogP contribution in [0.3, 0.4) is 0 Å². The molecule has 0 heterocycles. The Morgan fingerprint density at radius 1 is 0.902 bits per heavy atom. The van der Waals surface area contributed by atoms with Crippen molar-refractivity contribution < 1.29 is 27.5 Å². The third-order valence-corrected chi connectivity index (χ3v) is 8.19. The van der Waals surface area contributed by atoms with Crippen molar-refractivity contribution >= 4 is 27.5 Å². The third kappa shape index (κ3) is 8.23. The summed E-state index contributed by atoms with van der Waals surface area (Å²) >= 11 is 0. The van der Waals surface area contributed by atoms with Crippen molar-refractivity contribution in [1.29, 1.82) is 0 Å². The number of anilines is 1. The van der Waals surface area contributed by atoms with Crippen LogP contribution >= 0.6 is 0 Å². The van der Waals surface area contributed by atoms with E-state index in [0.717, 1.165) is 15.4 Å². The van der Waals surface area contributed by atoms with Gasteiger partial charge in [0.2, 0.25) is 11.8 Å². The standard InChI is InChI=1S/C31H39N3O6S/c1-22-11-13-25(14-12-22)34(41(37,38)28-17-15-26(39-6)16-18-28)21-29(35)33(23(2)30(36)32-31(3,4)5)20-24-9-8-10-27(19-24)40-7/h8-19,23H,20-21H2,1-7H3,(H,32,36)/t23-/m1/s1. The number of carbonyl (C=O) groups is 2. The Hall–Kier alpha value is -4.05. The van der Waals surface area contributed by atoms with Gasteiger partial charge < -0.3 is 19.7 Å². The first-order valence-electron chi connectivity index (χ1n) is 13.2. The number of nitrogens with one attached hydrogen (secondary N) is 1. The van der Waals surface area contributed by atoms with Gasteiger partial charge in [0, 0.05) is 12.1 Å². The predicted molar refractivity (Wildman–Crippen MR) is 160 cm³/mol. The second-order valence-electron chi connectivity index (χ2n) is 10.8. The Morgan fingerprint density at radius 3 is 2.07 bits per heavy atom. The quantitative estimate of drug-likeness (QED) is 0.357. The van der Waals surface area contributed by atoms with Crippen molar-refractivity contribution in [1.82, 2.24) is 10.2 Å². The van der Waals surface area contributed by atoms with Crippen LogP contribution in [-0.2, 0) is 26.2 Å². The number of hydrogen-bond donors (Lipinski definition) is 1. The van der Waals surface area contributed by atoms with Gasteiger partial charge in [-0.25, -0.2) is 8.42 Å². The normalized spacial score (nSPS) is 12.3. The van der Waals surface area contributed by atoms with E-state index in [9.17, 15) is 18.0 Å². The Morgan fingerprint density at radius 2 is 1.51 bits per heavy atom. The summed E-state index contributed by atoms with van der Waals surface area (Å²) in [6.45, 7) is 8.63. The zero-order valence-corrected chi connectivity index (χ0v) is 25.5. The van der Waals surface area contributed by atoms with Crippen molar-refractivity contribution in [2.45, 2.75) is 57.6 Å². The minimum Gasteiger partial charge on any atom is -0.497 e. The number of hydrogen-bond acceptors (Lipinski definition) is 6. The lowest BCUT2D eigenvalue weighted by atomic mass is 10.1. The Balaban J connectivity index is 2.04. The van der Waals surface area contributed by atoms with Crippen LogP contribution in [0, 0.1) is 6.92 Å². The van der Waals surface area contributed by atoms with E-state index in [4.69, 9.17) is 9.47 Å². The maximum Gasteiger partial charge on any atom is 0.264 e. The number of methoxy groups -OCH3 is 2. The summed E-state index contributed by atoms with van der Waals surface area (Å²) in [5.74, 6) is 0.214. The Bertz CT molecular complexity index is 1450. The van der Waals surface area contributed by atoms with Crippen molar-refractivity contribution in [3.05, 3.63) is 83.9 Å². The summed E-state index contributed by atoms with van der Waals surface area (Å²) < 4.78 is 39.4. The van der Waals surface area contributed by atoms with Gasteiger partial charge in [-0.05, 0) is 88.7 Å². The smallest absolute Gasteiger partial charge is 0.264 e. The molecule has 220 valence electrons. The van der Waals surface area contributed by atoms with E-state index in [1.807, 2.05) is 33.8 Å². The van der Waals surface area contributed by atoms with Gasteiger partial charge in [0.05, 0.1) is 24.8 Å². The average Bonchev–Trinajstić information content (AvgIpc) is 2.93. The molecular weight excluding hydrogens is 542 g/mol. The molecule has 0 spiro atoms. The molecule has 0 saturated carbocycles. The maximum atomic E-state index is 14.0. The second-order valence-corrected chi connectivity index (χ2v) is 12.7. The van der Waals surface area contributed by atoms with Crippen molar-refractivity contribution in [2.75, 3.05) is 25.1 Å². The molecular formula is C31H39N3O6S. The lowest BCUT2D eigenvalue weighted by Gasteiger charge is -2.33. The van der Waals surface area contributed by atoms with Gasteiger partial charge in [0.25, 0.3) is 10.0 Å². The zero-order chi connectivity index (χ0) is 30.4. The molecule has 3 aromatic rings. The van der Waals surface area contributed by atoms with Crippen LogP contribution in [0.15, 0.2) is 77.7 Å². The number of nitrogens with zero attached hydrogens (tertiary/aromatic N) is 2. The summed E-state index contributed by atoms with van der Waals surface area (Å²) in [6, 6.07) is 19.1. The number of benzene rings is 3. The minimum atomic E-state index is -4.17. The molecule has 1 N–H and O–H groups in total. The van der Waals surface area contributed by atoms with E-state index in [1.165, 1.54) is 24.1 Å². The fourth-order valence-corrected chi connectivity index (χ4v) is 5.55. The third-order valence-electron chi connectivity index (χ3n) is 6.40. The summed E-state index contributed by atoms with van der Waals surface area (Å²) in [5.41, 5.74) is 1.47. The molecule has 0 fully saturated rings. The highest BCUT2D eigenvalue weighted by atomic mass is 32.2. The lowest BCUT2D eigenvalue weighted by molar-refractivity contribution is -0.140. The molecule has 0 aliphatic carbocycles. The van der Waals surface area contributed by atoms with Gasteiger partial charge in [0.15, 0.2) is 0 Å². The van der Waals surface area contributed by atoms with Crippen molar-refractivity contribution in [3.63, 3.8) is 0 Å². The first-order valence-corrected chi connectivity index (χ1v) is 14.7. The summed E-state index contributed by atoms with van der Waals surface area (Å²) in [5, 5.41) is 2.92. The number of rotatable bonds is 11. The second kappa shape index (κ2) is 13.1. The monoisotopic (exact) mass is 581 g/mol. The first kappa shape index (κ1) is 31.5. The van der Waals surface area contributed by atoms with Gasteiger partial charge in [-0.1, -0.05) is 29.8 Å². The molecule has 0 aliphatic heterocycles. The van der Waals surface area contributed by atoms with Crippen LogP contribution in [0.5, 0.6) is 11.5 Å². The van der Waals surface area contributed by atoms with Crippen LogP contribution in [0.2, 0.25) is 0 Å². The van der Waals surface area contributed by atoms with Gasteiger partial charge >= 0.3 is 0 Å². The van der Waals surface area contributed by atoms with E-state index >= 15 is 0 Å². The minimum absolute atomic E-state index is 0.00421. The fraction of sp³-hybridized carbons (Fsp3) is 0.355. The number of sulfonamides is 1. The number of amides is 2. The van der Waals surface area contributed by atoms with Crippen LogP contribution in [0.1, 0.15) is 38.8 Å². The highest BCUT2D eigenvalue weighted by Gasteiger charge is 2.33. The maximum absolute atomic E-state index is 14.0. The van der Waals surface area contributed by atoms with Crippen LogP contribution in [0.25, 0.3) is 0 Å². The molecule has 41 heavy (non-hydrogen) atoms. The first-order chi connectivity index (χ1) is 19.2. The summed E-state index contributed by atoms with van der Waals surface area (Å²) in [7, 11) is -1.13. The Kier molecular flexibility index (Phi) is 10.0. The highest BCUT2D eigenvalue weighted by molar-refractivity contribution is 7.92. The average molecular weight is 582 g/mol. The Labute approximate surface area is 243 Å². The van der Waals surface area contributed by atoms with Crippen molar-refractivity contribution in [3.8, 4) is 11.5 Å². The van der Waals surface area contributed by atoms with E-state index in [1.54, 1.807) is 68.6 Å². The van der Waals surface area contributed by atoms with E-state index in [-0.39, 0.29) is 17.3 Å².